The quantitative estimate of drug-likeness (QED) is 0.632. The molecular formula is C28H35N3O3. The monoisotopic (exact) mass is 461 g/mol. The molecular weight excluding hydrogens is 426 g/mol. The fourth-order valence-corrected chi connectivity index (χ4v) is 5.39. The summed E-state index contributed by atoms with van der Waals surface area (Å²) in [6.07, 6.45) is 9.55. The van der Waals surface area contributed by atoms with Crippen molar-refractivity contribution >= 4 is 23.4 Å². The summed E-state index contributed by atoms with van der Waals surface area (Å²) < 4.78 is 0. The molecule has 0 atom stereocenters. The Bertz CT molecular complexity index is 965. The molecule has 4 rings (SSSR count). The lowest BCUT2D eigenvalue weighted by Gasteiger charge is -2.46. The second-order valence-corrected chi connectivity index (χ2v) is 9.51. The minimum Gasteiger partial charge on any atom is -0.351 e. The van der Waals surface area contributed by atoms with Gasteiger partial charge in [0.25, 0.3) is 5.91 Å². The van der Waals surface area contributed by atoms with Crippen molar-refractivity contribution in [2.75, 3.05) is 11.4 Å². The van der Waals surface area contributed by atoms with Crippen molar-refractivity contribution in [3.8, 4) is 0 Å². The van der Waals surface area contributed by atoms with Crippen molar-refractivity contribution in [2.24, 2.45) is 0 Å². The van der Waals surface area contributed by atoms with Crippen LogP contribution >= 0.6 is 0 Å². The number of para-hydroxylation sites is 1. The predicted octanol–water partition coefficient (Wildman–Crippen LogP) is 4.60. The number of rotatable bonds is 7. The lowest BCUT2D eigenvalue weighted by atomic mass is 9.78. The molecule has 3 amide bonds. The van der Waals surface area contributed by atoms with Gasteiger partial charge >= 0.3 is 0 Å². The van der Waals surface area contributed by atoms with Gasteiger partial charge in [-0.05, 0) is 49.9 Å². The standard InChI is InChI=1S/C28H35N3O3/c32-25(21-29-26(33)22-13-5-1-6-14-22)31(24-17-9-3-10-18-24)28(19-11-4-12-20-28)27(34)30-23-15-7-2-8-16-23/h1,3,5-6,9-10,13-14,17-18,23H,2,4,7-8,11-12,15-16,19-21H2,(H,29,33)(H,30,34). The number of amides is 3. The summed E-state index contributed by atoms with van der Waals surface area (Å²) >= 11 is 0. The Kier molecular flexibility index (Phi) is 7.99. The van der Waals surface area contributed by atoms with Gasteiger partial charge < -0.3 is 10.6 Å². The Labute approximate surface area is 202 Å². The average Bonchev–Trinajstić information content (AvgIpc) is 2.89. The predicted molar refractivity (Wildman–Crippen MR) is 134 cm³/mol. The van der Waals surface area contributed by atoms with E-state index >= 15 is 0 Å². The van der Waals surface area contributed by atoms with E-state index in [9.17, 15) is 14.4 Å². The van der Waals surface area contributed by atoms with Crippen molar-refractivity contribution in [3.05, 3.63) is 66.2 Å². The van der Waals surface area contributed by atoms with E-state index in [1.165, 1.54) is 6.42 Å². The molecule has 6 nitrogen and oxygen atoms in total. The van der Waals surface area contributed by atoms with Gasteiger partial charge in [0.2, 0.25) is 11.8 Å². The third-order valence-electron chi connectivity index (χ3n) is 7.17. The van der Waals surface area contributed by atoms with Gasteiger partial charge in [0.1, 0.15) is 5.54 Å². The molecule has 2 aliphatic rings. The van der Waals surface area contributed by atoms with Gasteiger partial charge in [0.15, 0.2) is 0 Å². The molecule has 2 aromatic rings. The summed E-state index contributed by atoms with van der Waals surface area (Å²) in [7, 11) is 0. The van der Waals surface area contributed by atoms with Crippen LogP contribution in [0.2, 0.25) is 0 Å². The summed E-state index contributed by atoms with van der Waals surface area (Å²) in [5.41, 5.74) is 0.261. The van der Waals surface area contributed by atoms with Crippen molar-refractivity contribution in [1.29, 1.82) is 0 Å². The van der Waals surface area contributed by atoms with Crippen LogP contribution in [0.3, 0.4) is 0 Å². The van der Waals surface area contributed by atoms with Crippen LogP contribution in [0.15, 0.2) is 60.7 Å². The summed E-state index contributed by atoms with van der Waals surface area (Å²) in [6, 6.07) is 18.5. The molecule has 2 saturated carbocycles. The SMILES string of the molecule is O=C(NCC(=O)N(c1ccccc1)C1(C(=O)NC2CCCCC2)CCCCC1)c1ccccc1. The highest BCUT2D eigenvalue weighted by Gasteiger charge is 2.48. The molecule has 0 saturated heterocycles. The lowest BCUT2D eigenvalue weighted by molar-refractivity contribution is -0.132. The van der Waals surface area contributed by atoms with E-state index in [0.29, 0.717) is 24.1 Å². The van der Waals surface area contributed by atoms with Crippen LogP contribution in [0.1, 0.15) is 74.6 Å². The maximum absolute atomic E-state index is 13.9. The largest absolute Gasteiger partial charge is 0.351 e. The van der Waals surface area contributed by atoms with Gasteiger partial charge in [-0.1, -0.05) is 74.9 Å². The maximum Gasteiger partial charge on any atom is 0.251 e. The van der Waals surface area contributed by atoms with Crippen molar-refractivity contribution in [2.45, 2.75) is 75.8 Å². The van der Waals surface area contributed by atoms with Crippen LogP contribution in [0.4, 0.5) is 5.69 Å². The van der Waals surface area contributed by atoms with Crippen LogP contribution in [0, 0.1) is 0 Å². The second-order valence-electron chi connectivity index (χ2n) is 9.51. The van der Waals surface area contributed by atoms with Crippen molar-refractivity contribution in [3.63, 3.8) is 0 Å². The molecule has 2 aromatic carbocycles. The zero-order chi connectivity index (χ0) is 23.8. The summed E-state index contributed by atoms with van der Waals surface area (Å²) in [4.78, 5) is 41.9. The summed E-state index contributed by atoms with van der Waals surface area (Å²) in [5.74, 6) is -0.617. The van der Waals surface area contributed by atoms with Crippen LogP contribution in [-0.4, -0.2) is 35.8 Å². The Morgan fingerprint density at radius 1 is 0.794 bits per heavy atom. The smallest absolute Gasteiger partial charge is 0.251 e. The fourth-order valence-electron chi connectivity index (χ4n) is 5.39. The molecule has 2 N–H and O–H groups in total. The van der Waals surface area contributed by atoms with Crippen LogP contribution in [0.5, 0.6) is 0 Å². The molecule has 0 aromatic heterocycles. The number of nitrogens with one attached hydrogen (secondary N) is 2. The number of carbonyl (C=O) groups is 3. The fraction of sp³-hybridized carbons (Fsp3) is 0.464. The Morgan fingerprint density at radius 3 is 2.03 bits per heavy atom. The van der Waals surface area contributed by atoms with E-state index < -0.39 is 5.54 Å². The zero-order valence-electron chi connectivity index (χ0n) is 19.8. The molecule has 0 heterocycles. The highest BCUT2D eigenvalue weighted by Crippen LogP contribution is 2.38. The van der Waals surface area contributed by atoms with Gasteiger partial charge in [-0.3, -0.25) is 19.3 Å². The number of hydrogen-bond acceptors (Lipinski definition) is 3. The number of carbonyl (C=O) groups excluding carboxylic acids is 3. The molecule has 6 heteroatoms. The van der Waals surface area contributed by atoms with E-state index in [2.05, 4.69) is 10.6 Å². The molecule has 0 spiro atoms. The number of anilines is 1. The number of hydrogen-bond donors (Lipinski definition) is 2. The van der Waals surface area contributed by atoms with E-state index in [0.717, 1.165) is 44.9 Å². The first kappa shape index (κ1) is 24.0. The molecule has 0 bridgehead atoms. The third kappa shape index (κ3) is 5.49. The van der Waals surface area contributed by atoms with Crippen molar-refractivity contribution in [1.82, 2.24) is 10.6 Å². The highest BCUT2D eigenvalue weighted by molar-refractivity contribution is 6.06. The molecule has 0 radical (unpaired) electrons. The minimum absolute atomic E-state index is 0.0503. The van der Waals surface area contributed by atoms with E-state index in [1.807, 2.05) is 36.4 Å². The molecule has 2 aliphatic carbocycles. The molecule has 2 fully saturated rings. The Balaban J connectivity index is 1.59. The molecule has 0 unspecified atom stereocenters. The highest BCUT2D eigenvalue weighted by atomic mass is 16.2. The molecule has 34 heavy (non-hydrogen) atoms. The van der Waals surface area contributed by atoms with Gasteiger partial charge in [0.05, 0.1) is 6.54 Å². The number of nitrogens with zero attached hydrogens (tertiary/aromatic N) is 1. The van der Waals surface area contributed by atoms with Crippen LogP contribution in [0.25, 0.3) is 0 Å². The van der Waals surface area contributed by atoms with E-state index in [1.54, 1.807) is 29.2 Å². The normalized spacial score (nSPS) is 18.0. The molecule has 0 aliphatic heterocycles. The summed E-state index contributed by atoms with van der Waals surface area (Å²) in [6.45, 7) is -0.166. The number of benzene rings is 2. The van der Waals surface area contributed by atoms with E-state index in [4.69, 9.17) is 0 Å². The van der Waals surface area contributed by atoms with Gasteiger partial charge in [0, 0.05) is 17.3 Å². The lowest BCUT2D eigenvalue weighted by Crippen LogP contribution is -2.64. The maximum atomic E-state index is 13.9. The van der Waals surface area contributed by atoms with E-state index in [-0.39, 0.29) is 30.3 Å². The Morgan fingerprint density at radius 2 is 1.38 bits per heavy atom. The second kappa shape index (κ2) is 11.3. The first-order valence-electron chi connectivity index (χ1n) is 12.6. The van der Waals surface area contributed by atoms with Gasteiger partial charge in [-0.25, -0.2) is 0 Å². The first-order valence-corrected chi connectivity index (χ1v) is 12.6. The topological polar surface area (TPSA) is 78.5 Å². The Hall–Kier alpha value is -3.15. The van der Waals surface area contributed by atoms with Crippen LogP contribution in [-0.2, 0) is 9.59 Å². The first-order chi connectivity index (χ1) is 16.6. The van der Waals surface area contributed by atoms with Gasteiger partial charge in [-0.15, -0.1) is 0 Å². The third-order valence-corrected chi connectivity index (χ3v) is 7.17. The molecule has 180 valence electrons. The van der Waals surface area contributed by atoms with Gasteiger partial charge in [-0.2, -0.15) is 0 Å². The minimum atomic E-state index is -0.939. The summed E-state index contributed by atoms with van der Waals surface area (Å²) in [5, 5.41) is 6.07. The van der Waals surface area contributed by atoms with Crippen LogP contribution < -0.4 is 15.5 Å². The average molecular weight is 462 g/mol. The van der Waals surface area contributed by atoms with Crippen molar-refractivity contribution < 1.29 is 14.4 Å². The zero-order valence-corrected chi connectivity index (χ0v) is 19.8.